The summed E-state index contributed by atoms with van der Waals surface area (Å²) in [5.41, 5.74) is 3.25. The van der Waals surface area contributed by atoms with Crippen molar-refractivity contribution in [1.29, 1.82) is 0 Å². The third kappa shape index (κ3) is 2.91. The van der Waals surface area contributed by atoms with Crippen LogP contribution in [0.1, 0.15) is 33.5 Å². The molecule has 132 valence electrons. The number of fused-ring (bicyclic) bond motifs is 1. The number of rotatable bonds is 3. The van der Waals surface area contributed by atoms with Gasteiger partial charge in [-0.05, 0) is 50.1 Å². The zero-order valence-electron chi connectivity index (χ0n) is 14.8. The van der Waals surface area contributed by atoms with Crippen LogP contribution < -0.4 is 9.04 Å². The van der Waals surface area contributed by atoms with Crippen LogP contribution in [0.3, 0.4) is 0 Å². The van der Waals surface area contributed by atoms with E-state index in [0.717, 1.165) is 5.56 Å². The topological polar surface area (TPSA) is 63.7 Å². The van der Waals surface area contributed by atoms with Crippen molar-refractivity contribution in [3.05, 3.63) is 52.6 Å². The number of Topliss-reactive ketones (excluding diaryl/α,β-unsaturated/α-hetero) is 1. The van der Waals surface area contributed by atoms with Gasteiger partial charge in [0.25, 0.3) is 10.0 Å². The molecule has 0 atom stereocenters. The first kappa shape index (κ1) is 17.5. The molecule has 0 fully saturated rings. The van der Waals surface area contributed by atoms with Gasteiger partial charge in [-0.3, -0.25) is 9.10 Å². The number of ether oxygens (including phenoxy) is 1. The summed E-state index contributed by atoms with van der Waals surface area (Å²) < 4.78 is 33.2. The van der Waals surface area contributed by atoms with Crippen LogP contribution in [0.2, 0.25) is 0 Å². The maximum Gasteiger partial charge on any atom is 0.264 e. The monoisotopic (exact) mass is 359 g/mol. The van der Waals surface area contributed by atoms with Gasteiger partial charge in [0, 0.05) is 18.5 Å². The molecule has 1 aliphatic heterocycles. The Labute approximate surface area is 148 Å². The SMILES string of the molecule is COc1ccc2c(c1)C(=O)CCN2S(=O)(=O)c1c(C)cc(C)cc1C. The van der Waals surface area contributed by atoms with Crippen LogP contribution in [0.25, 0.3) is 0 Å². The summed E-state index contributed by atoms with van der Waals surface area (Å²) in [6.07, 6.45) is 0.156. The summed E-state index contributed by atoms with van der Waals surface area (Å²) >= 11 is 0. The number of sulfonamides is 1. The van der Waals surface area contributed by atoms with Crippen molar-refractivity contribution in [2.24, 2.45) is 0 Å². The van der Waals surface area contributed by atoms with E-state index in [-0.39, 0.29) is 18.7 Å². The summed E-state index contributed by atoms with van der Waals surface area (Å²) in [4.78, 5) is 12.6. The first-order valence-corrected chi connectivity index (χ1v) is 9.51. The molecule has 3 rings (SSSR count). The zero-order valence-corrected chi connectivity index (χ0v) is 15.6. The fourth-order valence-electron chi connectivity index (χ4n) is 3.47. The summed E-state index contributed by atoms with van der Waals surface area (Å²) in [6, 6.07) is 8.65. The molecule has 0 aliphatic carbocycles. The molecule has 1 aliphatic rings. The predicted octanol–water partition coefficient (Wildman–Crippen LogP) is 3.40. The highest BCUT2D eigenvalue weighted by Gasteiger charge is 2.34. The molecule has 0 radical (unpaired) electrons. The number of ketones is 1. The van der Waals surface area contributed by atoms with E-state index in [4.69, 9.17) is 4.74 Å². The molecule has 2 aromatic carbocycles. The van der Waals surface area contributed by atoms with Crippen LogP contribution in [0, 0.1) is 20.8 Å². The highest BCUT2D eigenvalue weighted by Crippen LogP contribution is 2.36. The third-order valence-electron chi connectivity index (χ3n) is 4.47. The molecule has 25 heavy (non-hydrogen) atoms. The maximum atomic E-state index is 13.3. The summed E-state index contributed by atoms with van der Waals surface area (Å²) in [5, 5.41) is 0. The normalized spacial score (nSPS) is 14.4. The number of aryl methyl sites for hydroxylation is 3. The van der Waals surface area contributed by atoms with Gasteiger partial charge in [-0.25, -0.2) is 8.42 Å². The van der Waals surface area contributed by atoms with Crippen molar-refractivity contribution in [3.8, 4) is 5.75 Å². The molecule has 0 amide bonds. The number of hydrogen-bond donors (Lipinski definition) is 0. The minimum Gasteiger partial charge on any atom is -0.497 e. The Hall–Kier alpha value is -2.34. The molecule has 2 aromatic rings. The lowest BCUT2D eigenvalue weighted by Crippen LogP contribution is -2.38. The quantitative estimate of drug-likeness (QED) is 0.842. The van der Waals surface area contributed by atoms with E-state index in [1.807, 2.05) is 19.1 Å². The highest BCUT2D eigenvalue weighted by atomic mass is 32.2. The lowest BCUT2D eigenvalue weighted by molar-refractivity contribution is 0.0981. The highest BCUT2D eigenvalue weighted by molar-refractivity contribution is 7.93. The first-order chi connectivity index (χ1) is 11.8. The second kappa shape index (κ2) is 6.19. The Morgan fingerprint density at radius 1 is 1.04 bits per heavy atom. The molecule has 0 N–H and O–H groups in total. The van der Waals surface area contributed by atoms with Gasteiger partial charge in [0.15, 0.2) is 5.78 Å². The second-order valence-electron chi connectivity index (χ2n) is 6.36. The van der Waals surface area contributed by atoms with E-state index in [9.17, 15) is 13.2 Å². The van der Waals surface area contributed by atoms with Crippen LogP contribution in [0.4, 0.5) is 5.69 Å². The number of methoxy groups -OCH3 is 1. The average molecular weight is 359 g/mol. The minimum atomic E-state index is -3.76. The van der Waals surface area contributed by atoms with Gasteiger partial charge in [-0.1, -0.05) is 17.7 Å². The van der Waals surface area contributed by atoms with Gasteiger partial charge in [-0.2, -0.15) is 0 Å². The maximum absolute atomic E-state index is 13.3. The molecular weight excluding hydrogens is 338 g/mol. The lowest BCUT2D eigenvalue weighted by Gasteiger charge is -2.31. The zero-order chi connectivity index (χ0) is 18.4. The molecule has 0 saturated heterocycles. The van der Waals surface area contributed by atoms with Crippen molar-refractivity contribution in [2.75, 3.05) is 18.0 Å². The molecule has 0 saturated carbocycles. The predicted molar refractivity (Wildman–Crippen MR) is 97.1 cm³/mol. The van der Waals surface area contributed by atoms with E-state index in [1.54, 1.807) is 32.0 Å². The largest absolute Gasteiger partial charge is 0.497 e. The molecule has 0 spiro atoms. The van der Waals surface area contributed by atoms with E-state index in [2.05, 4.69) is 0 Å². The van der Waals surface area contributed by atoms with E-state index in [1.165, 1.54) is 11.4 Å². The van der Waals surface area contributed by atoms with Gasteiger partial charge in [0.05, 0.1) is 17.7 Å². The lowest BCUT2D eigenvalue weighted by atomic mass is 10.0. The van der Waals surface area contributed by atoms with Crippen molar-refractivity contribution >= 4 is 21.5 Å². The standard InChI is InChI=1S/C19H21NO4S/c1-12-9-13(2)19(14(3)10-12)25(22,23)20-8-7-18(21)16-11-15(24-4)5-6-17(16)20/h5-6,9-11H,7-8H2,1-4H3. The van der Waals surface area contributed by atoms with Crippen LogP contribution >= 0.6 is 0 Å². The molecule has 1 heterocycles. The Bertz CT molecular complexity index is 940. The third-order valence-corrected chi connectivity index (χ3v) is 6.59. The molecular formula is C19H21NO4S. The van der Waals surface area contributed by atoms with Crippen molar-refractivity contribution in [1.82, 2.24) is 0 Å². The second-order valence-corrected chi connectivity index (χ2v) is 8.16. The van der Waals surface area contributed by atoms with E-state index >= 15 is 0 Å². The number of nitrogens with zero attached hydrogens (tertiary/aromatic N) is 1. The van der Waals surface area contributed by atoms with Crippen LogP contribution in [-0.2, 0) is 10.0 Å². The number of carbonyl (C=O) groups is 1. The van der Waals surface area contributed by atoms with Crippen molar-refractivity contribution < 1.29 is 17.9 Å². The molecule has 0 unspecified atom stereocenters. The Balaban J connectivity index is 2.18. The number of anilines is 1. The summed E-state index contributed by atoms with van der Waals surface area (Å²) in [5.74, 6) is 0.465. The van der Waals surface area contributed by atoms with Crippen LogP contribution in [0.5, 0.6) is 5.75 Å². The Morgan fingerprint density at radius 3 is 2.28 bits per heavy atom. The van der Waals surface area contributed by atoms with Crippen molar-refractivity contribution in [3.63, 3.8) is 0 Å². The molecule has 5 nitrogen and oxygen atoms in total. The fraction of sp³-hybridized carbons (Fsp3) is 0.316. The molecule has 6 heteroatoms. The van der Waals surface area contributed by atoms with E-state index in [0.29, 0.717) is 33.0 Å². The first-order valence-electron chi connectivity index (χ1n) is 8.07. The minimum absolute atomic E-state index is 0.0716. The molecule has 0 aromatic heterocycles. The van der Waals surface area contributed by atoms with Gasteiger partial charge in [0.1, 0.15) is 5.75 Å². The van der Waals surface area contributed by atoms with Gasteiger partial charge in [0.2, 0.25) is 0 Å². The van der Waals surface area contributed by atoms with Crippen LogP contribution in [0.15, 0.2) is 35.2 Å². The fourth-order valence-corrected chi connectivity index (χ4v) is 5.38. The van der Waals surface area contributed by atoms with Gasteiger partial charge < -0.3 is 4.74 Å². The summed E-state index contributed by atoms with van der Waals surface area (Å²) in [6.45, 7) is 5.69. The Kier molecular flexibility index (Phi) is 4.33. The smallest absolute Gasteiger partial charge is 0.264 e. The summed E-state index contributed by atoms with van der Waals surface area (Å²) in [7, 11) is -2.24. The van der Waals surface area contributed by atoms with Crippen LogP contribution in [-0.4, -0.2) is 27.9 Å². The van der Waals surface area contributed by atoms with Gasteiger partial charge >= 0.3 is 0 Å². The molecule has 0 bridgehead atoms. The van der Waals surface area contributed by atoms with Crippen molar-refractivity contribution in [2.45, 2.75) is 32.1 Å². The Morgan fingerprint density at radius 2 is 1.68 bits per heavy atom. The number of benzene rings is 2. The average Bonchev–Trinajstić information content (AvgIpc) is 2.53. The number of carbonyl (C=O) groups excluding carboxylic acids is 1. The number of hydrogen-bond acceptors (Lipinski definition) is 4. The van der Waals surface area contributed by atoms with E-state index < -0.39 is 10.0 Å². The van der Waals surface area contributed by atoms with Gasteiger partial charge in [-0.15, -0.1) is 0 Å².